The summed E-state index contributed by atoms with van der Waals surface area (Å²) in [6.07, 6.45) is 2.72. The standard InChI is InChI=1S/C29H27FN4O5S/c1-17-13-21(26(39-17)19-10-11-22(31-16-19)34-12-6-9-23(34)35)25-27(30)40-29(32-25)33(2)28(38)20(15-24(36)37)14-18-7-4-3-5-8-18/h3-5,7-8,10-11,13,16,20H,6,9,12,14-15H2,1-2H3,(H,36,37). The fraction of sp³-hybridized carbons (Fsp3) is 0.276. The Morgan fingerprint density at radius 2 is 2.00 bits per heavy atom. The van der Waals surface area contributed by atoms with Crippen molar-refractivity contribution in [2.45, 2.75) is 32.6 Å². The summed E-state index contributed by atoms with van der Waals surface area (Å²) in [5.74, 6) is -0.940. The van der Waals surface area contributed by atoms with E-state index < -0.39 is 22.9 Å². The number of carboxylic acid groups (broad SMARTS) is 1. The molecule has 1 aliphatic rings. The number of furan rings is 1. The number of halogens is 1. The number of carboxylic acids is 1. The molecular weight excluding hydrogens is 535 g/mol. The van der Waals surface area contributed by atoms with Crippen LogP contribution in [-0.4, -0.2) is 46.5 Å². The number of rotatable bonds is 9. The van der Waals surface area contributed by atoms with E-state index in [0.717, 1.165) is 12.0 Å². The minimum Gasteiger partial charge on any atom is -0.481 e. The van der Waals surface area contributed by atoms with Crippen LogP contribution in [0.5, 0.6) is 0 Å². The smallest absolute Gasteiger partial charge is 0.304 e. The van der Waals surface area contributed by atoms with Crippen LogP contribution in [0.3, 0.4) is 0 Å². The van der Waals surface area contributed by atoms with Crippen molar-refractivity contribution in [1.29, 1.82) is 0 Å². The lowest BCUT2D eigenvalue weighted by Crippen LogP contribution is -2.35. The topological polar surface area (TPSA) is 117 Å². The van der Waals surface area contributed by atoms with Gasteiger partial charge in [-0.05, 0) is 43.5 Å². The van der Waals surface area contributed by atoms with Gasteiger partial charge in [-0.3, -0.25) is 24.2 Å². The van der Waals surface area contributed by atoms with Crippen molar-refractivity contribution in [3.8, 4) is 22.6 Å². The molecule has 0 bridgehead atoms. The van der Waals surface area contributed by atoms with Gasteiger partial charge in [-0.15, -0.1) is 0 Å². The number of anilines is 2. The molecule has 0 aliphatic carbocycles. The Labute approximate surface area is 233 Å². The molecule has 0 radical (unpaired) electrons. The van der Waals surface area contributed by atoms with Crippen LogP contribution in [0.15, 0.2) is 59.1 Å². The lowest BCUT2D eigenvalue weighted by Gasteiger charge is -2.21. The monoisotopic (exact) mass is 562 g/mol. The maximum absolute atomic E-state index is 15.3. The van der Waals surface area contributed by atoms with Crippen LogP contribution in [0.4, 0.5) is 15.3 Å². The van der Waals surface area contributed by atoms with Gasteiger partial charge in [0, 0.05) is 31.8 Å². The number of aryl methyl sites for hydroxylation is 1. The van der Waals surface area contributed by atoms with Gasteiger partial charge in [0.1, 0.15) is 23.0 Å². The Morgan fingerprint density at radius 3 is 2.65 bits per heavy atom. The fourth-order valence-corrected chi connectivity index (χ4v) is 5.58. The van der Waals surface area contributed by atoms with Gasteiger partial charge in [0.25, 0.3) is 0 Å². The van der Waals surface area contributed by atoms with Gasteiger partial charge in [-0.2, -0.15) is 4.39 Å². The number of aliphatic carboxylic acids is 1. The molecule has 1 N–H and O–H groups in total. The maximum atomic E-state index is 15.3. The van der Waals surface area contributed by atoms with Crippen molar-refractivity contribution in [2.75, 3.05) is 23.4 Å². The second-order valence-corrected chi connectivity index (χ2v) is 10.6. The molecule has 3 aromatic heterocycles. The van der Waals surface area contributed by atoms with E-state index in [-0.39, 0.29) is 29.6 Å². The van der Waals surface area contributed by atoms with Crippen molar-refractivity contribution >= 4 is 40.1 Å². The quantitative estimate of drug-likeness (QED) is 0.293. The van der Waals surface area contributed by atoms with Gasteiger partial charge in [-0.1, -0.05) is 41.7 Å². The second kappa shape index (κ2) is 11.4. The average Bonchev–Trinajstić information content (AvgIpc) is 3.65. The van der Waals surface area contributed by atoms with Crippen molar-refractivity contribution in [3.63, 3.8) is 0 Å². The number of carbonyl (C=O) groups is 3. The van der Waals surface area contributed by atoms with Gasteiger partial charge >= 0.3 is 5.97 Å². The highest BCUT2D eigenvalue weighted by Gasteiger charge is 2.30. The molecule has 1 aromatic carbocycles. The summed E-state index contributed by atoms with van der Waals surface area (Å²) in [6, 6.07) is 14.3. The molecule has 1 unspecified atom stereocenters. The molecule has 4 aromatic rings. The molecule has 1 atom stereocenters. The second-order valence-electron chi connectivity index (χ2n) is 9.65. The number of aromatic nitrogens is 2. The average molecular weight is 563 g/mol. The van der Waals surface area contributed by atoms with E-state index in [2.05, 4.69) is 9.97 Å². The lowest BCUT2D eigenvalue weighted by atomic mass is 9.95. The van der Waals surface area contributed by atoms with E-state index in [0.29, 0.717) is 52.8 Å². The molecule has 1 aliphatic heterocycles. The van der Waals surface area contributed by atoms with Crippen LogP contribution in [0.25, 0.3) is 22.6 Å². The van der Waals surface area contributed by atoms with Crippen LogP contribution < -0.4 is 9.80 Å². The van der Waals surface area contributed by atoms with Gasteiger partial charge in [0.15, 0.2) is 5.13 Å². The molecule has 0 saturated carbocycles. The summed E-state index contributed by atoms with van der Waals surface area (Å²) in [5.41, 5.74) is 1.83. The van der Waals surface area contributed by atoms with Gasteiger partial charge in [-0.25, -0.2) is 9.97 Å². The molecule has 9 nitrogen and oxygen atoms in total. The lowest BCUT2D eigenvalue weighted by molar-refractivity contribution is -0.140. The Bertz CT molecular complexity index is 1550. The molecular formula is C29H27FN4O5S. The predicted octanol–water partition coefficient (Wildman–Crippen LogP) is 5.34. The zero-order chi connectivity index (χ0) is 28.4. The van der Waals surface area contributed by atoms with Crippen LogP contribution >= 0.6 is 11.3 Å². The number of amides is 2. The number of pyridine rings is 1. The largest absolute Gasteiger partial charge is 0.481 e. The number of thiazole rings is 1. The molecule has 1 fully saturated rings. The Morgan fingerprint density at radius 1 is 1.23 bits per heavy atom. The van der Waals surface area contributed by atoms with Crippen LogP contribution in [-0.2, 0) is 20.8 Å². The Hall–Kier alpha value is -4.38. The number of hydrogen-bond donors (Lipinski definition) is 1. The van der Waals surface area contributed by atoms with Crippen molar-refractivity contribution < 1.29 is 28.3 Å². The molecule has 11 heteroatoms. The molecule has 40 heavy (non-hydrogen) atoms. The van der Waals surface area contributed by atoms with Crippen molar-refractivity contribution in [1.82, 2.24) is 9.97 Å². The minimum absolute atomic E-state index is 0.0168. The first-order chi connectivity index (χ1) is 19.2. The van der Waals surface area contributed by atoms with Gasteiger partial charge < -0.3 is 9.52 Å². The summed E-state index contributed by atoms with van der Waals surface area (Å²) in [7, 11) is 1.47. The Kier molecular flexibility index (Phi) is 7.74. The minimum atomic E-state index is -1.10. The third kappa shape index (κ3) is 5.64. The fourth-order valence-electron chi connectivity index (χ4n) is 4.80. The molecule has 1 saturated heterocycles. The third-order valence-electron chi connectivity index (χ3n) is 6.76. The number of carbonyl (C=O) groups excluding carboxylic acids is 2. The molecule has 0 spiro atoms. The highest BCUT2D eigenvalue weighted by Crippen LogP contribution is 2.39. The van der Waals surface area contributed by atoms with E-state index >= 15 is 4.39 Å². The predicted molar refractivity (Wildman–Crippen MR) is 149 cm³/mol. The van der Waals surface area contributed by atoms with Crippen LogP contribution in [0, 0.1) is 18.0 Å². The summed E-state index contributed by atoms with van der Waals surface area (Å²) in [6.45, 7) is 2.35. The van der Waals surface area contributed by atoms with E-state index in [4.69, 9.17) is 4.42 Å². The highest BCUT2D eigenvalue weighted by atomic mass is 32.1. The zero-order valence-corrected chi connectivity index (χ0v) is 22.8. The SMILES string of the molecule is Cc1cc(-c2nc(N(C)C(=O)C(CC(=O)O)Cc3ccccc3)sc2F)c(-c2ccc(N3CCCC3=O)nc2)o1. The first kappa shape index (κ1) is 27.2. The van der Waals surface area contributed by atoms with E-state index in [1.807, 2.05) is 30.3 Å². The summed E-state index contributed by atoms with van der Waals surface area (Å²) >= 11 is 0.699. The summed E-state index contributed by atoms with van der Waals surface area (Å²) < 4.78 is 21.2. The maximum Gasteiger partial charge on any atom is 0.304 e. The van der Waals surface area contributed by atoms with E-state index in [1.165, 1.54) is 11.9 Å². The normalized spacial score (nSPS) is 14.0. The van der Waals surface area contributed by atoms with Crippen molar-refractivity contribution in [3.05, 3.63) is 71.2 Å². The van der Waals surface area contributed by atoms with Crippen molar-refractivity contribution in [2.24, 2.45) is 5.92 Å². The zero-order valence-electron chi connectivity index (χ0n) is 22.0. The first-order valence-corrected chi connectivity index (χ1v) is 13.6. The summed E-state index contributed by atoms with van der Waals surface area (Å²) in [5, 5.41) is 8.91. The van der Waals surface area contributed by atoms with E-state index in [1.54, 1.807) is 36.2 Å². The summed E-state index contributed by atoms with van der Waals surface area (Å²) in [4.78, 5) is 48.6. The van der Waals surface area contributed by atoms with Gasteiger partial charge in [0.2, 0.25) is 16.9 Å². The van der Waals surface area contributed by atoms with Crippen LogP contribution in [0.1, 0.15) is 30.6 Å². The number of hydrogen-bond acceptors (Lipinski definition) is 7. The molecule has 5 rings (SSSR count). The van der Waals surface area contributed by atoms with Gasteiger partial charge in [0.05, 0.1) is 17.9 Å². The highest BCUT2D eigenvalue weighted by molar-refractivity contribution is 7.14. The first-order valence-electron chi connectivity index (χ1n) is 12.8. The Balaban J connectivity index is 1.41. The molecule has 206 valence electrons. The van der Waals surface area contributed by atoms with Crippen LogP contribution in [0.2, 0.25) is 0 Å². The third-order valence-corrected chi connectivity index (χ3v) is 7.68. The molecule has 2 amide bonds. The number of nitrogens with zero attached hydrogens (tertiary/aromatic N) is 4. The molecule has 4 heterocycles. The number of benzene rings is 1. The van der Waals surface area contributed by atoms with E-state index in [9.17, 15) is 19.5 Å².